The maximum Gasteiger partial charge on any atom is 0.311 e. The number of carbonyl (C=O) groups excluding carboxylic acids is 3. The van der Waals surface area contributed by atoms with Gasteiger partial charge >= 0.3 is 5.97 Å². The second-order valence-corrected chi connectivity index (χ2v) is 6.02. The molecule has 124 valence electrons. The minimum absolute atomic E-state index is 0.0976. The predicted molar refractivity (Wildman–Crippen MR) is 86.0 cm³/mol. The molecule has 2 rings (SSSR count). The molecule has 1 fully saturated rings. The molecule has 1 atom stereocenters. The first kappa shape index (κ1) is 17.0. The zero-order valence-electron chi connectivity index (χ0n) is 14.0. The SMILES string of the molecule is Cc1cccc(N2C[C@@H](C(=O)OCC(=O)N(C)C)CC2=O)c1C. The molecule has 0 aliphatic carbocycles. The highest BCUT2D eigenvalue weighted by molar-refractivity contribution is 6.00. The van der Waals surface area contributed by atoms with Crippen molar-refractivity contribution in [3.05, 3.63) is 29.3 Å². The van der Waals surface area contributed by atoms with E-state index in [1.54, 1.807) is 19.0 Å². The van der Waals surface area contributed by atoms with E-state index < -0.39 is 11.9 Å². The number of benzene rings is 1. The Morgan fingerprint density at radius 1 is 1.30 bits per heavy atom. The summed E-state index contributed by atoms with van der Waals surface area (Å²) in [7, 11) is 3.19. The molecule has 1 aromatic rings. The average Bonchev–Trinajstić information content (AvgIpc) is 2.89. The second kappa shape index (κ2) is 6.81. The van der Waals surface area contributed by atoms with Crippen LogP contribution >= 0.6 is 0 Å². The molecule has 1 aliphatic rings. The number of hydrogen-bond donors (Lipinski definition) is 0. The number of likely N-dealkylation sites (N-methyl/N-ethyl adjacent to an activating group) is 1. The van der Waals surface area contributed by atoms with E-state index in [0.29, 0.717) is 0 Å². The van der Waals surface area contributed by atoms with Gasteiger partial charge in [0.15, 0.2) is 6.61 Å². The lowest BCUT2D eigenvalue weighted by Gasteiger charge is -2.20. The van der Waals surface area contributed by atoms with Crippen LogP contribution in [0.5, 0.6) is 0 Å². The molecule has 0 aromatic heterocycles. The Kier molecular flexibility index (Phi) is 5.03. The van der Waals surface area contributed by atoms with Crippen molar-refractivity contribution in [2.45, 2.75) is 20.3 Å². The van der Waals surface area contributed by atoms with Gasteiger partial charge in [0, 0.05) is 32.7 Å². The van der Waals surface area contributed by atoms with Crippen molar-refractivity contribution in [3.63, 3.8) is 0 Å². The van der Waals surface area contributed by atoms with Gasteiger partial charge in [0.05, 0.1) is 5.92 Å². The topological polar surface area (TPSA) is 66.9 Å². The molecule has 0 saturated carbocycles. The molecule has 2 amide bonds. The Balaban J connectivity index is 2.03. The monoisotopic (exact) mass is 318 g/mol. The van der Waals surface area contributed by atoms with Crippen molar-refractivity contribution >= 4 is 23.5 Å². The van der Waals surface area contributed by atoms with E-state index in [1.807, 2.05) is 32.0 Å². The maximum atomic E-state index is 12.2. The zero-order valence-corrected chi connectivity index (χ0v) is 14.0. The van der Waals surface area contributed by atoms with Crippen LogP contribution in [0.1, 0.15) is 17.5 Å². The summed E-state index contributed by atoms with van der Waals surface area (Å²) >= 11 is 0. The summed E-state index contributed by atoms with van der Waals surface area (Å²) < 4.78 is 5.03. The Bertz CT molecular complexity index is 639. The third-order valence-electron chi connectivity index (χ3n) is 4.16. The Labute approximate surface area is 136 Å². The number of esters is 1. The number of aryl methyl sites for hydroxylation is 1. The normalized spacial score (nSPS) is 17.3. The van der Waals surface area contributed by atoms with Crippen LogP contribution in [0.2, 0.25) is 0 Å². The fourth-order valence-corrected chi connectivity index (χ4v) is 2.51. The number of anilines is 1. The summed E-state index contributed by atoms with van der Waals surface area (Å²) in [5, 5.41) is 0. The summed E-state index contributed by atoms with van der Waals surface area (Å²) in [4.78, 5) is 38.8. The van der Waals surface area contributed by atoms with E-state index >= 15 is 0 Å². The quantitative estimate of drug-likeness (QED) is 0.785. The van der Waals surface area contributed by atoms with E-state index in [9.17, 15) is 14.4 Å². The van der Waals surface area contributed by atoms with Gasteiger partial charge in [-0.05, 0) is 31.0 Å². The molecule has 0 spiro atoms. The Hall–Kier alpha value is -2.37. The van der Waals surface area contributed by atoms with Crippen LogP contribution in [0.15, 0.2) is 18.2 Å². The first-order valence-corrected chi connectivity index (χ1v) is 7.54. The van der Waals surface area contributed by atoms with Crippen molar-refractivity contribution in [2.75, 3.05) is 32.1 Å². The van der Waals surface area contributed by atoms with Crippen molar-refractivity contribution in [2.24, 2.45) is 5.92 Å². The van der Waals surface area contributed by atoms with Gasteiger partial charge in [-0.1, -0.05) is 12.1 Å². The number of hydrogen-bond acceptors (Lipinski definition) is 4. The first-order valence-electron chi connectivity index (χ1n) is 7.54. The van der Waals surface area contributed by atoms with Gasteiger partial charge in [0.1, 0.15) is 0 Å². The summed E-state index contributed by atoms with van der Waals surface area (Å²) in [6, 6.07) is 5.76. The van der Waals surface area contributed by atoms with Crippen molar-refractivity contribution < 1.29 is 19.1 Å². The third kappa shape index (κ3) is 3.70. The molecule has 0 radical (unpaired) electrons. The van der Waals surface area contributed by atoms with Crippen molar-refractivity contribution in [1.82, 2.24) is 4.90 Å². The predicted octanol–water partition coefficient (Wildman–Crippen LogP) is 1.29. The number of amides is 2. The van der Waals surface area contributed by atoms with E-state index in [4.69, 9.17) is 4.74 Å². The fraction of sp³-hybridized carbons (Fsp3) is 0.471. The molecule has 1 aliphatic heterocycles. The standard InChI is InChI=1S/C17H22N2O4/c1-11-6-5-7-14(12(11)2)19-9-13(8-15(19)20)17(22)23-10-16(21)18(3)4/h5-7,13H,8-10H2,1-4H3/t13-/m0/s1. The molecule has 0 N–H and O–H groups in total. The highest BCUT2D eigenvalue weighted by atomic mass is 16.5. The van der Waals surface area contributed by atoms with Gasteiger partial charge in [0.2, 0.25) is 5.91 Å². The third-order valence-corrected chi connectivity index (χ3v) is 4.16. The number of rotatable bonds is 4. The summed E-state index contributed by atoms with van der Waals surface area (Å²) in [6.07, 6.45) is 0.113. The van der Waals surface area contributed by atoms with Gasteiger partial charge in [-0.3, -0.25) is 14.4 Å². The smallest absolute Gasteiger partial charge is 0.311 e. The summed E-state index contributed by atoms with van der Waals surface area (Å²) in [5.74, 6) is -1.41. The van der Waals surface area contributed by atoms with Crippen LogP contribution in [0.3, 0.4) is 0 Å². The van der Waals surface area contributed by atoms with Crippen LogP contribution in [-0.4, -0.2) is 49.9 Å². The molecule has 23 heavy (non-hydrogen) atoms. The minimum atomic E-state index is -0.530. The fourth-order valence-electron chi connectivity index (χ4n) is 2.51. The molecule has 0 bridgehead atoms. The van der Waals surface area contributed by atoms with E-state index in [0.717, 1.165) is 16.8 Å². The first-order chi connectivity index (χ1) is 10.8. The van der Waals surface area contributed by atoms with E-state index in [1.165, 1.54) is 4.90 Å². The van der Waals surface area contributed by atoms with Crippen LogP contribution in [0.4, 0.5) is 5.69 Å². The minimum Gasteiger partial charge on any atom is -0.455 e. The summed E-state index contributed by atoms with van der Waals surface area (Å²) in [5.41, 5.74) is 2.95. The molecule has 0 unspecified atom stereocenters. The van der Waals surface area contributed by atoms with Gasteiger partial charge < -0.3 is 14.5 Å². The number of nitrogens with zero attached hydrogens (tertiary/aromatic N) is 2. The molecule has 1 heterocycles. The second-order valence-electron chi connectivity index (χ2n) is 6.02. The molecule has 6 heteroatoms. The molecular weight excluding hydrogens is 296 g/mol. The average molecular weight is 318 g/mol. The Morgan fingerprint density at radius 2 is 2.00 bits per heavy atom. The van der Waals surface area contributed by atoms with Crippen molar-refractivity contribution in [3.8, 4) is 0 Å². The van der Waals surface area contributed by atoms with Gasteiger partial charge in [-0.2, -0.15) is 0 Å². The van der Waals surface area contributed by atoms with Gasteiger partial charge in [-0.15, -0.1) is 0 Å². The lowest BCUT2D eigenvalue weighted by molar-refractivity contribution is -0.154. The summed E-state index contributed by atoms with van der Waals surface area (Å²) in [6.45, 7) is 3.94. The molecule has 1 aromatic carbocycles. The zero-order chi connectivity index (χ0) is 17.1. The Morgan fingerprint density at radius 3 is 2.65 bits per heavy atom. The molecular formula is C17H22N2O4. The number of carbonyl (C=O) groups is 3. The number of ether oxygens (including phenoxy) is 1. The lowest BCUT2D eigenvalue weighted by Crippen LogP contribution is -2.30. The van der Waals surface area contributed by atoms with Crippen molar-refractivity contribution in [1.29, 1.82) is 0 Å². The van der Waals surface area contributed by atoms with E-state index in [-0.39, 0.29) is 31.4 Å². The van der Waals surface area contributed by atoms with Crippen LogP contribution in [-0.2, 0) is 19.1 Å². The van der Waals surface area contributed by atoms with E-state index in [2.05, 4.69) is 0 Å². The molecule has 6 nitrogen and oxygen atoms in total. The van der Waals surface area contributed by atoms with Gasteiger partial charge in [0.25, 0.3) is 5.91 Å². The van der Waals surface area contributed by atoms with Gasteiger partial charge in [-0.25, -0.2) is 0 Å². The lowest BCUT2D eigenvalue weighted by atomic mass is 10.1. The largest absolute Gasteiger partial charge is 0.455 e. The highest BCUT2D eigenvalue weighted by Gasteiger charge is 2.37. The highest BCUT2D eigenvalue weighted by Crippen LogP contribution is 2.29. The molecule has 1 saturated heterocycles. The maximum absolute atomic E-state index is 12.2. The van der Waals surface area contributed by atoms with Crippen LogP contribution < -0.4 is 4.90 Å². The van der Waals surface area contributed by atoms with Crippen LogP contribution in [0.25, 0.3) is 0 Å². The van der Waals surface area contributed by atoms with Crippen LogP contribution in [0, 0.1) is 19.8 Å².